The zero-order valence-corrected chi connectivity index (χ0v) is 12.1. The largest absolute Gasteiger partial charge is 0.476 e. The highest BCUT2D eigenvalue weighted by molar-refractivity contribution is 7.92. The Morgan fingerprint density at radius 2 is 2.15 bits per heavy atom. The van der Waals surface area contributed by atoms with E-state index >= 15 is 0 Å². The first kappa shape index (κ1) is 14.3. The number of sulfonamides is 1. The molecule has 2 aromatic rings. The van der Waals surface area contributed by atoms with Crippen LogP contribution in [-0.4, -0.2) is 30.0 Å². The third-order valence-corrected chi connectivity index (χ3v) is 3.80. The smallest absolute Gasteiger partial charge is 0.279 e. The Morgan fingerprint density at radius 1 is 1.35 bits per heavy atom. The first-order valence-electron chi connectivity index (χ1n) is 6.21. The Hall–Kier alpha value is -2.09. The fourth-order valence-corrected chi connectivity index (χ4v) is 2.58. The van der Waals surface area contributed by atoms with Crippen LogP contribution in [0.25, 0.3) is 0 Å². The molecule has 20 heavy (non-hydrogen) atoms. The van der Waals surface area contributed by atoms with E-state index in [2.05, 4.69) is 19.7 Å². The average molecular weight is 296 g/mol. The molecule has 0 aliphatic rings. The molecule has 8 heteroatoms. The van der Waals surface area contributed by atoms with Crippen molar-refractivity contribution in [2.45, 2.75) is 25.3 Å². The normalized spacial score (nSPS) is 11.3. The molecule has 2 aromatic heterocycles. The zero-order chi connectivity index (χ0) is 14.6. The minimum Gasteiger partial charge on any atom is -0.476 e. The molecule has 0 radical (unpaired) electrons. The number of rotatable bonds is 6. The maximum atomic E-state index is 12.2. The highest BCUT2D eigenvalue weighted by Crippen LogP contribution is 2.23. The summed E-state index contributed by atoms with van der Waals surface area (Å²) in [5.41, 5.74) is 0.294. The molecule has 2 N–H and O–H groups in total. The van der Waals surface area contributed by atoms with Gasteiger partial charge in [0.1, 0.15) is 11.5 Å². The second-order valence-corrected chi connectivity index (χ2v) is 5.59. The number of H-pyrrole nitrogens is 1. The van der Waals surface area contributed by atoms with Gasteiger partial charge in [-0.25, -0.2) is 9.97 Å². The van der Waals surface area contributed by atoms with E-state index in [1.807, 2.05) is 6.92 Å². The van der Waals surface area contributed by atoms with Crippen LogP contribution < -0.4 is 9.46 Å². The lowest BCUT2D eigenvalue weighted by Crippen LogP contribution is -2.14. The molecule has 0 atom stereocenters. The number of ether oxygens (including phenoxy) is 1. The first-order chi connectivity index (χ1) is 9.56. The Morgan fingerprint density at radius 3 is 2.80 bits per heavy atom. The van der Waals surface area contributed by atoms with E-state index in [1.165, 1.54) is 12.4 Å². The van der Waals surface area contributed by atoms with Crippen molar-refractivity contribution in [1.82, 2.24) is 15.0 Å². The number of imidazole rings is 1. The first-order valence-corrected chi connectivity index (χ1v) is 7.69. The Kier molecular flexibility index (Phi) is 4.23. The molecule has 0 saturated heterocycles. The molecule has 0 amide bonds. The number of anilines is 1. The summed E-state index contributed by atoms with van der Waals surface area (Å²) >= 11 is 0. The maximum absolute atomic E-state index is 12.2. The SMILES string of the molecule is CCOc1ncccc1NS(=O)(=O)c1cnc(CC)[nH]1. The summed E-state index contributed by atoms with van der Waals surface area (Å²) in [5.74, 6) is 0.857. The lowest BCUT2D eigenvalue weighted by Gasteiger charge is -2.10. The van der Waals surface area contributed by atoms with Gasteiger partial charge in [-0.2, -0.15) is 8.42 Å². The van der Waals surface area contributed by atoms with Gasteiger partial charge in [0.15, 0.2) is 5.03 Å². The second kappa shape index (κ2) is 5.91. The van der Waals surface area contributed by atoms with Gasteiger partial charge in [-0.05, 0) is 19.1 Å². The van der Waals surface area contributed by atoms with E-state index in [4.69, 9.17) is 4.74 Å². The van der Waals surface area contributed by atoms with E-state index in [-0.39, 0.29) is 10.9 Å². The summed E-state index contributed by atoms with van der Waals surface area (Å²) in [5, 5.41) is 0.0145. The van der Waals surface area contributed by atoms with Gasteiger partial charge in [0.05, 0.1) is 12.8 Å². The Bertz CT molecular complexity index is 682. The molecular weight excluding hydrogens is 280 g/mol. The number of nitrogens with one attached hydrogen (secondary N) is 2. The molecule has 2 rings (SSSR count). The quantitative estimate of drug-likeness (QED) is 0.843. The predicted molar refractivity (Wildman–Crippen MR) is 74.2 cm³/mol. The molecule has 0 aliphatic carbocycles. The number of aryl methyl sites for hydroxylation is 1. The van der Waals surface area contributed by atoms with Crippen LogP contribution in [0.3, 0.4) is 0 Å². The van der Waals surface area contributed by atoms with E-state index in [1.54, 1.807) is 19.1 Å². The van der Waals surface area contributed by atoms with Gasteiger partial charge in [-0.15, -0.1) is 0 Å². The highest BCUT2D eigenvalue weighted by atomic mass is 32.2. The Labute approximate surface area is 117 Å². The second-order valence-electron chi connectivity index (χ2n) is 3.94. The number of pyridine rings is 1. The van der Waals surface area contributed by atoms with E-state index in [0.717, 1.165) is 0 Å². The molecule has 0 aliphatic heterocycles. The average Bonchev–Trinajstić information content (AvgIpc) is 2.91. The molecule has 0 fully saturated rings. The lowest BCUT2D eigenvalue weighted by molar-refractivity contribution is 0.329. The Balaban J connectivity index is 2.28. The molecular formula is C12H16N4O3S. The van der Waals surface area contributed by atoms with E-state index < -0.39 is 10.0 Å². The standard InChI is InChI=1S/C12H16N4O3S/c1-3-10-14-8-11(15-10)20(17,18)16-9-6-5-7-13-12(9)19-4-2/h5-8,16H,3-4H2,1-2H3,(H,14,15). The third-order valence-electron chi connectivity index (χ3n) is 2.53. The molecule has 0 saturated carbocycles. The molecule has 0 unspecified atom stereocenters. The van der Waals surface area contributed by atoms with Crippen LogP contribution in [0.5, 0.6) is 5.88 Å². The minimum atomic E-state index is -3.73. The third kappa shape index (κ3) is 3.08. The highest BCUT2D eigenvalue weighted by Gasteiger charge is 2.19. The summed E-state index contributed by atoms with van der Waals surface area (Å²) in [6.07, 6.45) is 3.46. The van der Waals surface area contributed by atoms with Crippen molar-refractivity contribution in [1.29, 1.82) is 0 Å². The van der Waals surface area contributed by atoms with Gasteiger partial charge in [0.2, 0.25) is 5.88 Å². The number of nitrogens with zero attached hydrogens (tertiary/aromatic N) is 2. The van der Waals surface area contributed by atoms with Gasteiger partial charge in [-0.3, -0.25) is 4.72 Å². The van der Waals surface area contributed by atoms with Crippen molar-refractivity contribution in [2.75, 3.05) is 11.3 Å². The van der Waals surface area contributed by atoms with Gasteiger partial charge < -0.3 is 9.72 Å². The summed E-state index contributed by atoms with van der Waals surface area (Å²) in [6, 6.07) is 3.22. The van der Waals surface area contributed by atoms with Crippen LogP contribution in [-0.2, 0) is 16.4 Å². The maximum Gasteiger partial charge on any atom is 0.279 e. The van der Waals surface area contributed by atoms with Crippen LogP contribution in [0.15, 0.2) is 29.6 Å². The van der Waals surface area contributed by atoms with Crippen molar-refractivity contribution >= 4 is 15.7 Å². The van der Waals surface area contributed by atoms with Gasteiger partial charge in [-0.1, -0.05) is 6.92 Å². The number of hydrogen-bond donors (Lipinski definition) is 2. The van der Waals surface area contributed by atoms with E-state index in [0.29, 0.717) is 24.5 Å². The molecule has 108 valence electrons. The summed E-state index contributed by atoms with van der Waals surface area (Å²) in [4.78, 5) is 10.7. The number of aromatic nitrogens is 3. The summed E-state index contributed by atoms with van der Waals surface area (Å²) in [6.45, 7) is 4.09. The number of aromatic amines is 1. The van der Waals surface area contributed by atoms with Crippen LogP contribution in [0.1, 0.15) is 19.7 Å². The van der Waals surface area contributed by atoms with Crippen LogP contribution >= 0.6 is 0 Å². The van der Waals surface area contributed by atoms with Gasteiger partial charge in [0, 0.05) is 12.6 Å². The minimum absolute atomic E-state index is 0.0145. The molecule has 2 heterocycles. The summed E-state index contributed by atoms with van der Waals surface area (Å²) in [7, 11) is -3.73. The predicted octanol–water partition coefficient (Wildman–Crippen LogP) is 1.57. The van der Waals surface area contributed by atoms with Crippen LogP contribution in [0.4, 0.5) is 5.69 Å². The molecule has 0 spiro atoms. The fourth-order valence-electron chi connectivity index (χ4n) is 1.58. The topological polar surface area (TPSA) is 97.0 Å². The van der Waals surface area contributed by atoms with Crippen molar-refractivity contribution in [2.24, 2.45) is 0 Å². The number of hydrogen-bond acceptors (Lipinski definition) is 5. The van der Waals surface area contributed by atoms with Gasteiger partial charge in [0.25, 0.3) is 10.0 Å². The summed E-state index contributed by atoms with van der Waals surface area (Å²) < 4.78 is 32.2. The zero-order valence-electron chi connectivity index (χ0n) is 11.3. The monoisotopic (exact) mass is 296 g/mol. The fraction of sp³-hybridized carbons (Fsp3) is 0.333. The van der Waals surface area contributed by atoms with E-state index in [9.17, 15) is 8.42 Å². The molecule has 0 aromatic carbocycles. The molecule has 0 bridgehead atoms. The van der Waals surface area contributed by atoms with Crippen LogP contribution in [0, 0.1) is 0 Å². The van der Waals surface area contributed by atoms with Crippen molar-refractivity contribution in [3.05, 3.63) is 30.4 Å². The van der Waals surface area contributed by atoms with Crippen molar-refractivity contribution in [3.63, 3.8) is 0 Å². The van der Waals surface area contributed by atoms with Crippen molar-refractivity contribution < 1.29 is 13.2 Å². The van der Waals surface area contributed by atoms with Crippen LogP contribution in [0.2, 0.25) is 0 Å². The molecule has 7 nitrogen and oxygen atoms in total. The van der Waals surface area contributed by atoms with Gasteiger partial charge >= 0.3 is 0 Å². The lowest BCUT2D eigenvalue weighted by atomic mass is 10.4. The van der Waals surface area contributed by atoms with Crippen molar-refractivity contribution in [3.8, 4) is 5.88 Å².